The highest BCUT2D eigenvalue weighted by molar-refractivity contribution is 9.10. The molecule has 7 heteroatoms. The van der Waals surface area contributed by atoms with E-state index in [9.17, 15) is 0 Å². The zero-order valence-electron chi connectivity index (χ0n) is 21.1. The fraction of sp³-hybridized carbons (Fsp3) is 0.778. The molecule has 34 heavy (non-hydrogen) atoms. The molecule has 0 amide bonds. The molecule has 2 aliphatic rings. The second-order valence-electron chi connectivity index (χ2n) is 9.98. The monoisotopic (exact) mass is 572 g/mol. The summed E-state index contributed by atoms with van der Waals surface area (Å²) in [6.45, 7) is 8.53. The van der Waals surface area contributed by atoms with E-state index in [0.717, 1.165) is 22.1 Å². The number of thiol groups is 1. The number of aromatic nitrogens is 4. The lowest BCUT2D eigenvalue weighted by molar-refractivity contribution is 0.391. The van der Waals surface area contributed by atoms with Crippen LogP contribution in [0.5, 0.6) is 0 Å². The van der Waals surface area contributed by atoms with Crippen LogP contribution in [-0.4, -0.2) is 31.1 Å². The summed E-state index contributed by atoms with van der Waals surface area (Å²) < 4.78 is 4.99. The maximum absolute atomic E-state index is 4.38. The summed E-state index contributed by atoms with van der Waals surface area (Å²) >= 11 is 9.56. The predicted octanol–water partition coefficient (Wildman–Crippen LogP) is 9.50. The van der Waals surface area contributed by atoms with Crippen molar-refractivity contribution in [2.45, 2.75) is 116 Å². The topological polar surface area (TPSA) is 35.6 Å². The average molecular weight is 574 g/mol. The van der Waals surface area contributed by atoms with E-state index in [2.05, 4.69) is 72.6 Å². The Morgan fingerprint density at radius 2 is 1.35 bits per heavy atom. The van der Waals surface area contributed by atoms with Gasteiger partial charge in [-0.3, -0.25) is 9.36 Å². The van der Waals surface area contributed by atoms with Crippen LogP contribution in [0.15, 0.2) is 34.2 Å². The summed E-state index contributed by atoms with van der Waals surface area (Å²) in [4.78, 5) is 1.33. The summed E-state index contributed by atoms with van der Waals surface area (Å²) in [5.74, 6) is 4.29. The zero-order valence-corrected chi connectivity index (χ0v) is 24.4. The SMILES string of the molecule is C.CC(C)n1cc(Br)cn1.CC(C)n1cc(SCC2CCCCC2)cn1.SCC1CCCCC1. The van der Waals surface area contributed by atoms with Gasteiger partial charge in [0, 0.05) is 35.1 Å². The van der Waals surface area contributed by atoms with Crippen molar-refractivity contribution in [1.29, 1.82) is 0 Å². The number of thioether (sulfide) groups is 1. The lowest BCUT2D eigenvalue weighted by Gasteiger charge is -2.20. The van der Waals surface area contributed by atoms with Gasteiger partial charge >= 0.3 is 0 Å². The van der Waals surface area contributed by atoms with Gasteiger partial charge in [0.15, 0.2) is 0 Å². The first-order chi connectivity index (χ1) is 15.9. The van der Waals surface area contributed by atoms with Gasteiger partial charge < -0.3 is 0 Å². The highest BCUT2D eigenvalue weighted by atomic mass is 79.9. The van der Waals surface area contributed by atoms with Crippen molar-refractivity contribution in [3.05, 3.63) is 29.3 Å². The Bertz CT molecular complexity index is 747. The minimum Gasteiger partial charge on any atom is -0.269 e. The van der Waals surface area contributed by atoms with Crippen LogP contribution >= 0.6 is 40.3 Å². The molecule has 2 heterocycles. The Morgan fingerprint density at radius 3 is 1.74 bits per heavy atom. The van der Waals surface area contributed by atoms with Gasteiger partial charge in [0.1, 0.15) is 0 Å². The Morgan fingerprint density at radius 1 is 0.853 bits per heavy atom. The third kappa shape index (κ3) is 12.5. The van der Waals surface area contributed by atoms with Crippen molar-refractivity contribution in [3.63, 3.8) is 0 Å². The van der Waals surface area contributed by atoms with E-state index < -0.39 is 0 Å². The molecule has 0 unspecified atom stereocenters. The van der Waals surface area contributed by atoms with Gasteiger partial charge in [0.05, 0.1) is 16.9 Å². The smallest absolute Gasteiger partial charge is 0.0632 e. The van der Waals surface area contributed by atoms with Crippen molar-refractivity contribution < 1.29 is 0 Å². The molecular weight excluding hydrogens is 524 g/mol. The number of hydrogen-bond acceptors (Lipinski definition) is 4. The van der Waals surface area contributed by atoms with Crippen molar-refractivity contribution in [1.82, 2.24) is 19.6 Å². The van der Waals surface area contributed by atoms with Gasteiger partial charge in [-0.1, -0.05) is 46.0 Å². The lowest BCUT2D eigenvalue weighted by Crippen LogP contribution is -2.08. The van der Waals surface area contributed by atoms with E-state index in [1.807, 2.05) is 33.5 Å². The fourth-order valence-corrected chi connectivity index (χ4v) is 5.94. The van der Waals surface area contributed by atoms with Crippen LogP contribution in [0.2, 0.25) is 0 Å². The third-order valence-corrected chi connectivity index (χ3v) is 8.51. The van der Waals surface area contributed by atoms with Gasteiger partial charge in [-0.15, -0.1) is 11.8 Å². The maximum atomic E-state index is 4.38. The van der Waals surface area contributed by atoms with E-state index in [4.69, 9.17) is 0 Å². The third-order valence-electron chi connectivity index (χ3n) is 6.40. The zero-order chi connectivity index (χ0) is 24.1. The summed E-state index contributed by atoms with van der Waals surface area (Å²) in [7, 11) is 0. The van der Waals surface area contributed by atoms with Crippen LogP contribution in [0.25, 0.3) is 0 Å². The first-order valence-electron chi connectivity index (χ1n) is 12.9. The minimum absolute atomic E-state index is 0. The average Bonchev–Trinajstić information content (AvgIpc) is 3.49. The molecule has 2 aromatic heterocycles. The van der Waals surface area contributed by atoms with Gasteiger partial charge in [0.25, 0.3) is 0 Å². The number of halogens is 1. The van der Waals surface area contributed by atoms with Crippen LogP contribution in [-0.2, 0) is 0 Å². The molecule has 0 saturated heterocycles. The molecule has 4 rings (SSSR count). The molecule has 2 aliphatic carbocycles. The first-order valence-corrected chi connectivity index (χ1v) is 15.3. The summed E-state index contributed by atoms with van der Waals surface area (Å²) in [5, 5.41) is 8.46. The Kier molecular flexibility index (Phi) is 16.7. The predicted molar refractivity (Wildman–Crippen MR) is 157 cm³/mol. The van der Waals surface area contributed by atoms with Crippen molar-refractivity contribution >= 4 is 40.3 Å². The Balaban J connectivity index is 0.000000274. The number of rotatable bonds is 6. The molecule has 4 nitrogen and oxygen atoms in total. The molecule has 0 bridgehead atoms. The Labute approximate surface area is 228 Å². The van der Waals surface area contributed by atoms with Crippen LogP contribution in [0, 0.1) is 11.8 Å². The molecule has 0 spiro atoms. The standard InChI is InChI=1S/C13H22N2S.C7H14S.C6H9BrN2.CH4/c1-11(2)15-9-13(8-14-15)16-10-12-6-4-3-5-7-12;8-6-7-4-2-1-3-5-7;1-5(2)9-4-6(7)3-8-9;/h8-9,11-12H,3-7,10H2,1-2H3;7-8H,1-6H2;3-5H,1-2H3;1H4. The molecule has 0 atom stereocenters. The van der Waals surface area contributed by atoms with E-state index >= 15 is 0 Å². The van der Waals surface area contributed by atoms with E-state index in [-0.39, 0.29) is 7.43 Å². The van der Waals surface area contributed by atoms with Crippen molar-refractivity contribution in [2.24, 2.45) is 11.8 Å². The molecule has 0 aliphatic heterocycles. The molecule has 196 valence electrons. The second kappa shape index (κ2) is 17.9. The molecule has 2 saturated carbocycles. The summed E-state index contributed by atoms with van der Waals surface area (Å²) in [5.41, 5.74) is 0. The van der Waals surface area contributed by atoms with Gasteiger partial charge in [0.2, 0.25) is 0 Å². The molecular formula is C27H49BrN4S2. The largest absolute Gasteiger partial charge is 0.269 e. The van der Waals surface area contributed by atoms with Gasteiger partial charge in [-0.25, -0.2) is 0 Å². The maximum Gasteiger partial charge on any atom is 0.0632 e. The number of hydrogen-bond donors (Lipinski definition) is 1. The van der Waals surface area contributed by atoms with Crippen LogP contribution in [0.4, 0.5) is 0 Å². The molecule has 0 aromatic carbocycles. The van der Waals surface area contributed by atoms with Crippen LogP contribution in [0.1, 0.15) is 111 Å². The summed E-state index contributed by atoms with van der Waals surface area (Å²) in [6.07, 6.45) is 22.4. The molecule has 2 aromatic rings. The molecule has 0 radical (unpaired) electrons. The van der Waals surface area contributed by atoms with E-state index in [1.54, 1.807) is 6.20 Å². The van der Waals surface area contributed by atoms with Crippen molar-refractivity contribution in [2.75, 3.05) is 11.5 Å². The summed E-state index contributed by atoms with van der Waals surface area (Å²) in [6, 6.07) is 0.931. The van der Waals surface area contributed by atoms with E-state index in [1.165, 1.54) is 74.9 Å². The normalized spacial score (nSPS) is 16.9. The molecule has 0 N–H and O–H groups in total. The number of nitrogens with zero attached hydrogens (tertiary/aromatic N) is 4. The Hall–Kier alpha value is -0.400. The van der Waals surface area contributed by atoms with Crippen LogP contribution in [0.3, 0.4) is 0 Å². The van der Waals surface area contributed by atoms with Gasteiger partial charge in [-0.05, 0) is 86.9 Å². The highest BCUT2D eigenvalue weighted by Crippen LogP contribution is 2.30. The highest BCUT2D eigenvalue weighted by Gasteiger charge is 2.14. The van der Waals surface area contributed by atoms with Gasteiger partial charge in [-0.2, -0.15) is 22.8 Å². The lowest BCUT2D eigenvalue weighted by atomic mass is 9.91. The minimum atomic E-state index is 0. The first kappa shape index (κ1) is 31.6. The van der Waals surface area contributed by atoms with Crippen LogP contribution < -0.4 is 0 Å². The van der Waals surface area contributed by atoms with Crippen molar-refractivity contribution in [3.8, 4) is 0 Å². The second-order valence-corrected chi connectivity index (χ2v) is 12.4. The fourth-order valence-electron chi connectivity index (χ4n) is 4.21. The quantitative estimate of drug-likeness (QED) is 0.276. The van der Waals surface area contributed by atoms with E-state index in [0.29, 0.717) is 12.1 Å². The molecule has 2 fully saturated rings.